The molecular formula is C15H23BrN2O. The molecule has 2 unspecified atom stereocenters. The molecule has 0 bridgehead atoms. The Morgan fingerprint density at radius 3 is 2.89 bits per heavy atom. The molecule has 1 saturated heterocycles. The van der Waals surface area contributed by atoms with Crippen LogP contribution in [0.5, 0.6) is 5.75 Å². The smallest absolute Gasteiger partial charge is 0.133 e. The highest BCUT2D eigenvalue weighted by Crippen LogP contribution is 2.31. The second-order valence-corrected chi connectivity index (χ2v) is 6.24. The molecule has 1 aliphatic rings. The molecule has 3 nitrogen and oxygen atoms in total. The van der Waals surface area contributed by atoms with E-state index in [1.54, 1.807) is 7.11 Å². The third-order valence-electron chi connectivity index (χ3n) is 3.91. The monoisotopic (exact) mass is 326 g/mol. The first-order valence-corrected chi connectivity index (χ1v) is 7.72. The predicted octanol–water partition coefficient (Wildman–Crippen LogP) is 3.19. The Balaban J connectivity index is 2.19. The number of nitrogens with two attached hydrogens (primary N) is 1. The van der Waals surface area contributed by atoms with Crippen molar-refractivity contribution in [2.75, 3.05) is 26.7 Å². The van der Waals surface area contributed by atoms with Gasteiger partial charge in [-0.3, -0.25) is 4.90 Å². The summed E-state index contributed by atoms with van der Waals surface area (Å²) in [5.41, 5.74) is 7.28. The van der Waals surface area contributed by atoms with Gasteiger partial charge in [0.25, 0.3) is 0 Å². The number of rotatable bonds is 4. The number of benzene rings is 1. The van der Waals surface area contributed by atoms with Crippen molar-refractivity contribution in [1.29, 1.82) is 0 Å². The van der Waals surface area contributed by atoms with Crippen LogP contribution in [-0.4, -0.2) is 31.6 Å². The molecular weight excluding hydrogens is 304 g/mol. The Labute approximate surface area is 124 Å². The normalized spacial score (nSPS) is 22.2. The van der Waals surface area contributed by atoms with Crippen molar-refractivity contribution in [3.8, 4) is 5.75 Å². The van der Waals surface area contributed by atoms with Crippen molar-refractivity contribution in [3.63, 3.8) is 0 Å². The quantitative estimate of drug-likeness (QED) is 0.923. The molecule has 19 heavy (non-hydrogen) atoms. The number of hydrogen-bond donors (Lipinski definition) is 1. The van der Waals surface area contributed by atoms with Gasteiger partial charge in [-0.2, -0.15) is 0 Å². The van der Waals surface area contributed by atoms with E-state index in [0.29, 0.717) is 12.6 Å². The molecule has 0 amide bonds. The van der Waals surface area contributed by atoms with E-state index in [9.17, 15) is 0 Å². The maximum atomic E-state index is 6.01. The predicted molar refractivity (Wildman–Crippen MR) is 82.5 cm³/mol. The minimum absolute atomic E-state index is 0.310. The third-order valence-corrected chi connectivity index (χ3v) is 4.53. The molecule has 1 aromatic rings. The Morgan fingerprint density at radius 2 is 2.32 bits per heavy atom. The van der Waals surface area contributed by atoms with E-state index in [-0.39, 0.29) is 0 Å². The Morgan fingerprint density at radius 1 is 1.53 bits per heavy atom. The average Bonchev–Trinajstić information content (AvgIpc) is 2.40. The fourth-order valence-corrected chi connectivity index (χ4v) is 3.45. The number of halogens is 1. The maximum Gasteiger partial charge on any atom is 0.133 e. The molecule has 1 heterocycles. The van der Waals surface area contributed by atoms with Gasteiger partial charge in [0.05, 0.1) is 11.6 Å². The molecule has 0 radical (unpaired) electrons. The van der Waals surface area contributed by atoms with E-state index < -0.39 is 0 Å². The van der Waals surface area contributed by atoms with E-state index in [1.165, 1.54) is 18.4 Å². The SMILES string of the molecule is COc1ccc(C(CN)N2CCCC(C)C2)cc1Br. The fraction of sp³-hybridized carbons (Fsp3) is 0.600. The highest BCUT2D eigenvalue weighted by Gasteiger charge is 2.24. The summed E-state index contributed by atoms with van der Waals surface area (Å²) in [7, 11) is 1.69. The number of piperidine rings is 1. The summed E-state index contributed by atoms with van der Waals surface area (Å²) < 4.78 is 6.28. The largest absolute Gasteiger partial charge is 0.496 e. The number of likely N-dealkylation sites (tertiary alicyclic amines) is 1. The van der Waals surface area contributed by atoms with Gasteiger partial charge in [0.2, 0.25) is 0 Å². The molecule has 0 spiro atoms. The summed E-state index contributed by atoms with van der Waals surface area (Å²) in [6.45, 7) is 5.27. The first-order chi connectivity index (χ1) is 9.15. The van der Waals surface area contributed by atoms with Gasteiger partial charge in [-0.1, -0.05) is 13.0 Å². The molecule has 1 aliphatic heterocycles. The van der Waals surface area contributed by atoms with Crippen molar-refractivity contribution >= 4 is 15.9 Å². The summed E-state index contributed by atoms with van der Waals surface area (Å²) in [5.74, 6) is 1.64. The Bertz CT molecular complexity index is 425. The van der Waals surface area contributed by atoms with Crippen LogP contribution in [0.3, 0.4) is 0 Å². The van der Waals surface area contributed by atoms with E-state index in [2.05, 4.69) is 39.9 Å². The van der Waals surface area contributed by atoms with Gasteiger partial charge >= 0.3 is 0 Å². The molecule has 0 saturated carbocycles. The van der Waals surface area contributed by atoms with E-state index >= 15 is 0 Å². The molecule has 0 aromatic heterocycles. The van der Waals surface area contributed by atoms with E-state index in [4.69, 9.17) is 10.5 Å². The second-order valence-electron chi connectivity index (χ2n) is 5.39. The van der Waals surface area contributed by atoms with Gasteiger partial charge in [0.15, 0.2) is 0 Å². The number of nitrogens with zero attached hydrogens (tertiary/aromatic N) is 1. The lowest BCUT2D eigenvalue weighted by atomic mass is 9.96. The molecule has 1 aromatic carbocycles. The van der Waals surface area contributed by atoms with Crippen LogP contribution in [0.1, 0.15) is 31.4 Å². The van der Waals surface area contributed by atoms with Crippen LogP contribution in [0.4, 0.5) is 0 Å². The van der Waals surface area contributed by atoms with Crippen molar-refractivity contribution in [3.05, 3.63) is 28.2 Å². The van der Waals surface area contributed by atoms with Crippen LogP contribution in [0.2, 0.25) is 0 Å². The minimum atomic E-state index is 0.310. The lowest BCUT2D eigenvalue weighted by molar-refractivity contribution is 0.133. The summed E-state index contributed by atoms with van der Waals surface area (Å²) in [5, 5.41) is 0. The first kappa shape index (κ1) is 14.8. The lowest BCUT2D eigenvalue weighted by Gasteiger charge is -2.37. The number of methoxy groups -OCH3 is 1. The van der Waals surface area contributed by atoms with Crippen LogP contribution in [0.25, 0.3) is 0 Å². The van der Waals surface area contributed by atoms with Crippen LogP contribution >= 0.6 is 15.9 Å². The third kappa shape index (κ3) is 3.50. The van der Waals surface area contributed by atoms with Crippen LogP contribution in [0, 0.1) is 5.92 Å². The lowest BCUT2D eigenvalue weighted by Crippen LogP contribution is -2.40. The van der Waals surface area contributed by atoms with Gasteiger partial charge in [0.1, 0.15) is 5.75 Å². The highest BCUT2D eigenvalue weighted by molar-refractivity contribution is 9.10. The van der Waals surface area contributed by atoms with Crippen LogP contribution in [0.15, 0.2) is 22.7 Å². The summed E-state index contributed by atoms with van der Waals surface area (Å²) >= 11 is 3.56. The van der Waals surface area contributed by atoms with E-state index in [1.807, 2.05) is 6.07 Å². The van der Waals surface area contributed by atoms with Gasteiger partial charge in [-0.15, -0.1) is 0 Å². The minimum Gasteiger partial charge on any atom is -0.496 e. The van der Waals surface area contributed by atoms with Gasteiger partial charge < -0.3 is 10.5 Å². The van der Waals surface area contributed by atoms with Crippen LogP contribution in [-0.2, 0) is 0 Å². The van der Waals surface area contributed by atoms with Crippen molar-refractivity contribution in [1.82, 2.24) is 4.90 Å². The summed E-state index contributed by atoms with van der Waals surface area (Å²) in [6, 6.07) is 6.58. The molecule has 0 aliphatic carbocycles. The molecule has 2 N–H and O–H groups in total. The molecule has 2 rings (SSSR count). The Hall–Kier alpha value is -0.580. The van der Waals surface area contributed by atoms with Crippen molar-refractivity contribution < 1.29 is 4.74 Å². The standard InChI is InChI=1S/C15H23BrN2O/c1-11-4-3-7-18(10-11)14(9-17)12-5-6-15(19-2)13(16)8-12/h5-6,8,11,14H,3-4,7,9-10,17H2,1-2H3. The average molecular weight is 327 g/mol. The zero-order valence-electron chi connectivity index (χ0n) is 11.7. The Kier molecular flexibility index (Phi) is 5.25. The highest BCUT2D eigenvalue weighted by atomic mass is 79.9. The van der Waals surface area contributed by atoms with E-state index in [0.717, 1.165) is 29.2 Å². The molecule has 2 atom stereocenters. The fourth-order valence-electron chi connectivity index (χ4n) is 2.89. The van der Waals surface area contributed by atoms with Gasteiger partial charge in [-0.25, -0.2) is 0 Å². The van der Waals surface area contributed by atoms with Crippen LogP contribution < -0.4 is 10.5 Å². The summed E-state index contributed by atoms with van der Waals surface area (Å²) in [6.07, 6.45) is 2.61. The maximum absolute atomic E-state index is 6.01. The van der Waals surface area contributed by atoms with Crippen molar-refractivity contribution in [2.45, 2.75) is 25.8 Å². The number of ether oxygens (including phenoxy) is 1. The second kappa shape index (κ2) is 6.73. The van der Waals surface area contributed by atoms with Gasteiger partial charge in [0, 0.05) is 19.1 Å². The van der Waals surface area contributed by atoms with Gasteiger partial charge in [-0.05, 0) is 58.9 Å². The molecule has 4 heteroatoms. The molecule has 1 fully saturated rings. The van der Waals surface area contributed by atoms with Crippen molar-refractivity contribution in [2.24, 2.45) is 11.7 Å². The number of hydrogen-bond acceptors (Lipinski definition) is 3. The zero-order chi connectivity index (χ0) is 13.8. The summed E-state index contributed by atoms with van der Waals surface area (Å²) in [4.78, 5) is 2.52. The molecule has 106 valence electrons. The topological polar surface area (TPSA) is 38.5 Å². The first-order valence-electron chi connectivity index (χ1n) is 6.93. The zero-order valence-corrected chi connectivity index (χ0v) is 13.3.